The number of rotatable bonds is 3. The Morgan fingerprint density at radius 2 is 0.904 bits per heavy atom. The van der Waals surface area contributed by atoms with Crippen LogP contribution in [0.3, 0.4) is 0 Å². The third kappa shape index (κ3) is 4.11. The van der Waals surface area contributed by atoms with Gasteiger partial charge in [-0.15, -0.1) is 0 Å². The van der Waals surface area contributed by atoms with E-state index in [9.17, 15) is 0 Å². The summed E-state index contributed by atoms with van der Waals surface area (Å²) in [6.45, 7) is 4.74. The van der Waals surface area contributed by atoms with E-state index in [2.05, 4.69) is 178 Å². The Morgan fingerprint density at radius 1 is 0.365 bits per heavy atom. The Hall–Kier alpha value is -6.44. The number of fused-ring (bicyclic) bond motifs is 9. The van der Waals surface area contributed by atoms with Crippen molar-refractivity contribution in [2.45, 2.75) is 19.3 Å². The second-order valence-electron chi connectivity index (χ2n) is 14.8. The first-order valence-electron chi connectivity index (χ1n) is 18.2. The molecule has 244 valence electrons. The Balaban J connectivity index is 1.06. The molecule has 10 aromatic rings. The lowest BCUT2D eigenvalue weighted by atomic mass is 9.81. The van der Waals surface area contributed by atoms with Gasteiger partial charge in [0.15, 0.2) is 0 Å². The van der Waals surface area contributed by atoms with Crippen molar-refractivity contribution in [2.75, 3.05) is 0 Å². The minimum Gasteiger partial charge on any atom is -0.455 e. The van der Waals surface area contributed by atoms with Crippen LogP contribution in [0.2, 0.25) is 0 Å². The molecule has 1 aliphatic carbocycles. The summed E-state index contributed by atoms with van der Waals surface area (Å²) < 4.78 is 6.58. The van der Waals surface area contributed by atoms with Crippen molar-refractivity contribution >= 4 is 54.3 Å². The van der Waals surface area contributed by atoms with Gasteiger partial charge in [0.05, 0.1) is 0 Å². The molecule has 0 radical (unpaired) electrons. The van der Waals surface area contributed by atoms with E-state index in [1.807, 2.05) is 6.07 Å². The predicted molar refractivity (Wildman–Crippen MR) is 220 cm³/mol. The lowest BCUT2D eigenvalue weighted by Gasteiger charge is -2.22. The highest BCUT2D eigenvalue weighted by atomic mass is 16.3. The van der Waals surface area contributed by atoms with Crippen molar-refractivity contribution in [1.29, 1.82) is 0 Å². The number of hydrogen-bond acceptors (Lipinski definition) is 1. The topological polar surface area (TPSA) is 13.1 Å². The fraction of sp³-hybridized carbons (Fsp3) is 0.0588. The van der Waals surface area contributed by atoms with Crippen molar-refractivity contribution < 1.29 is 4.42 Å². The zero-order chi connectivity index (χ0) is 34.6. The summed E-state index contributed by atoms with van der Waals surface area (Å²) in [6.07, 6.45) is 0. The Kier molecular flexibility index (Phi) is 6.08. The summed E-state index contributed by atoms with van der Waals surface area (Å²) in [5.41, 5.74) is 14.6. The molecule has 0 unspecified atom stereocenters. The average Bonchev–Trinajstić information content (AvgIpc) is 3.68. The van der Waals surface area contributed by atoms with E-state index in [0.29, 0.717) is 0 Å². The molecule has 0 fully saturated rings. The van der Waals surface area contributed by atoms with Gasteiger partial charge in [-0.1, -0.05) is 159 Å². The molecule has 1 aromatic heterocycles. The molecule has 1 heterocycles. The van der Waals surface area contributed by atoms with Crippen LogP contribution in [-0.4, -0.2) is 0 Å². The van der Waals surface area contributed by atoms with Gasteiger partial charge in [-0.2, -0.15) is 0 Å². The molecule has 11 rings (SSSR count). The van der Waals surface area contributed by atoms with Crippen LogP contribution in [0.4, 0.5) is 0 Å². The van der Waals surface area contributed by atoms with Gasteiger partial charge >= 0.3 is 0 Å². The molecular formula is C51H34O. The summed E-state index contributed by atoms with van der Waals surface area (Å²) >= 11 is 0. The van der Waals surface area contributed by atoms with E-state index in [-0.39, 0.29) is 5.41 Å². The van der Waals surface area contributed by atoms with Crippen LogP contribution < -0.4 is 0 Å². The fourth-order valence-corrected chi connectivity index (χ4v) is 9.10. The van der Waals surface area contributed by atoms with Gasteiger partial charge in [0.2, 0.25) is 0 Å². The first-order chi connectivity index (χ1) is 25.5. The maximum absolute atomic E-state index is 6.58. The van der Waals surface area contributed by atoms with Crippen molar-refractivity contribution in [1.82, 2.24) is 0 Å². The monoisotopic (exact) mass is 662 g/mol. The summed E-state index contributed by atoms with van der Waals surface area (Å²) in [6, 6.07) is 62.4. The molecule has 0 bridgehead atoms. The van der Waals surface area contributed by atoms with Crippen LogP contribution in [0, 0.1) is 0 Å². The molecule has 0 amide bonds. The van der Waals surface area contributed by atoms with Gasteiger partial charge in [0, 0.05) is 27.3 Å². The van der Waals surface area contributed by atoms with Gasteiger partial charge in [0.25, 0.3) is 0 Å². The molecule has 9 aromatic carbocycles. The lowest BCUT2D eigenvalue weighted by Crippen LogP contribution is -2.15. The quantitative estimate of drug-likeness (QED) is 0.172. The molecule has 0 N–H and O–H groups in total. The van der Waals surface area contributed by atoms with Crippen molar-refractivity contribution in [3.05, 3.63) is 181 Å². The number of benzene rings is 9. The lowest BCUT2D eigenvalue weighted by molar-refractivity contribution is 0.661. The summed E-state index contributed by atoms with van der Waals surface area (Å²) in [5, 5.41) is 9.82. The molecule has 0 aliphatic heterocycles. The standard InChI is InChI=1S/C51H34O/c1-51(2)45-30-35(26-27-36(45)44-28-33-12-3-4-13-34(33)29-46(44)51)31-22-24-32(25-23-31)48-38-15-5-7-17-40(38)49(41-18-8-6-16-39(41)48)43-20-11-19-42-37-14-9-10-21-47(37)52-50(42)43/h3-30H,1-2H3. The Morgan fingerprint density at radius 3 is 1.62 bits per heavy atom. The maximum atomic E-state index is 6.58. The first kappa shape index (κ1) is 29.3. The molecule has 0 saturated carbocycles. The zero-order valence-corrected chi connectivity index (χ0v) is 29.1. The predicted octanol–water partition coefficient (Wildman–Crippen LogP) is 14.4. The molecule has 1 nitrogen and oxygen atoms in total. The van der Waals surface area contributed by atoms with Crippen molar-refractivity contribution in [3.8, 4) is 44.5 Å². The Labute approximate surface area is 302 Å². The normalized spacial score (nSPS) is 13.3. The summed E-state index contributed by atoms with van der Waals surface area (Å²) in [4.78, 5) is 0. The highest BCUT2D eigenvalue weighted by Crippen LogP contribution is 2.51. The molecule has 1 aliphatic rings. The van der Waals surface area contributed by atoms with Gasteiger partial charge in [0.1, 0.15) is 11.2 Å². The second-order valence-corrected chi connectivity index (χ2v) is 14.8. The number of para-hydroxylation sites is 2. The molecule has 0 atom stereocenters. The molecule has 0 saturated heterocycles. The van der Waals surface area contributed by atoms with Gasteiger partial charge in [-0.25, -0.2) is 0 Å². The smallest absolute Gasteiger partial charge is 0.143 e. The van der Waals surface area contributed by atoms with Gasteiger partial charge in [-0.05, 0) is 101 Å². The van der Waals surface area contributed by atoms with Gasteiger partial charge in [-0.3, -0.25) is 0 Å². The van der Waals surface area contributed by atoms with Gasteiger partial charge < -0.3 is 4.42 Å². The molecular weight excluding hydrogens is 629 g/mol. The Bertz CT molecular complexity index is 3030. The highest BCUT2D eigenvalue weighted by molar-refractivity contribution is 6.24. The van der Waals surface area contributed by atoms with Crippen molar-refractivity contribution in [2.24, 2.45) is 0 Å². The average molecular weight is 663 g/mol. The summed E-state index contributed by atoms with van der Waals surface area (Å²) in [5.74, 6) is 0. The van der Waals surface area contributed by atoms with E-state index < -0.39 is 0 Å². The summed E-state index contributed by atoms with van der Waals surface area (Å²) in [7, 11) is 0. The van der Waals surface area contributed by atoms with Crippen LogP contribution in [0.5, 0.6) is 0 Å². The minimum absolute atomic E-state index is 0.0725. The second kappa shape index (κ2) is 10.8. The fourth-order valence-electron chi connectivity index (χ4n) is 9.10. The van der Waals surface area contributed by atoms with Crippen molar-refractivity contribution in [3.63, 3.8) is 0 Å². The van der Waals surface area contributed by atoms with Crippen LogP contribution in [0.15, 0.2) is 174 Å². The van der Waals surface area contributed by atoms with E-state index in [0.717, 1.165) is 27.5 Å². The third-order valence-corrected chi connectivity index (χ3v) is 11.7. The highest BCUT2D eigenvalue weighted by Gasteiger charge is 2.36. The van der Waals surface area contributed by atoms with E-state index in [1.54, 1.807) is 0 Å². The van der Waals surface area contributed by atoms with E-state index >= 15 is 0 Å². The number of furan rings is 1. The number of hydrogen-bond donors (Lipinski definition) is 0. The largest absolute Gasteiger partial charge is 0.455 e. The van der Waals surface area contributed by atoms with Crippen LogP contribution in [-0.2, 0) is 5.41 Å². The zero-order valence-electron chi connectivity index (χ0n) is 29.1. The SMILES string of the molecule is CC1(C)c2cc(-c3ccc(-c4c5ccccc5c(-c5cccc6c5oc5ccccc56)c5ccccc45)cc3)ccc2-c2cc3ccccc3cc21. The molecule has 1 heteroatoms. The van der Waals surface area contributed by atoms with Crippen LogP contribution in [0.1, 0.15) is 25.0 Å². The van der Waals surface area contributed by atoms with E-state index in [1.165, 1.54) is 82.4 Å². The molecule has 52 heavy (non-hydrogen) atoms. The maximum Gasteiger partial charge on any atom is 0.143 e. The third-order valence-electron chi connectivity index (χ3n) is 11.7. The van der Waals surface area contributed by atoms with Crippen LogP contribution >= 0.6 is 0 Å². The first-order valence-corrected chi connectivity index (χ1v) is 18.2. The van der Waals surface area contributed by atoms with Crippen LogP contribution in [0.25, 0.3) is 98.8 Å². The minimum atomic E-state index is -0.0725. The molecule has 0 spiro atoms. The van der Waals surface area contributed by atoms with E-state index in [4.69, 9.17) is 4.42 Å².